The summed E-state index contributed by atoms with van der Waals surface area (Å²) >= 11 is 0. The van der Waals surface area contributed by atoms with Gasteiger partial charge in [0, 0.05) is 0 Å². The molecule has 3 nitrogen and oxygen atoms in total. The number of carbonyl (C=O) groups is 1. The van der Waals surface area contributed by atoms with Crippen LogP contribution in [0.15, 0.2) is 48.5 Å². The predicted octanol–water partition coefficient (Wildman–Crippen LogP) is 4.26. The highest BCUT2D eigenvalue weighted by Gasteiger charge is 2.11. The molecule has 0 saturated heterocycles. The highest BCUT2D eigenvalue weighted by molar-refractivity contribution is 5.92. The number of hydrogen-bond acceptors (Lipinski definition) is 3. The maximum Gasteiger partial charge on any atom is 0.342 e. The molecule has 0 aliphatic heterocycles. The fourth-order valence-electron chi connectivity index (χ4n) is 2.05. The average molecular weight is 284 g/mol. The third-order valence-electron chi connectivity index (χ3n) is 3.66. The van der Waals surface area contributed by atoms with E-state index in [4.69, 9.17) is 4.74 Å². The number of para-hydroxylation sites is 1. The Morgan fingerprint density at radius 1 is 1.14 bits per heavy atom. The Morgan fingerprint density at radius 2 is 1.81 bits per heavy atom. The van der Waals surface area contributed by atoms with Crippen LogP contribution in [0.4, 0.5) is 0 Å². The molecule has 0 saturated carbocycles. The van der Waals surface area contributed by atoms with Gasteiger partial charge in [-0.25, -0.2) is 4.79 Å². The van der Waals surface area contributed by atoms with Gasteiger partial charge in [-0.3, -0.25) is 0 Å². The summed E-state index contributed by atoms with van der Waals surface area (Å²) in [6.07, 6.45) is 1.10. The Kier molecular flexibility index (Phi) is 4.99. The van der Waals surface area contributed by atoms with E-state index in [0.29, 0.717) is 5.92 Å². The molecule has 21 heavy (non-hydrogen) atoms. The number of ether oxygens (including phenoxy) is 1. The van der Waals surface area contributed by atoms with Crippen LogP contribution in [-0.4, -0.2) is 11.1 Å². The zero-order chi connectivity index (χ0) is 15.2. The van der Waals surface area contributed by atoms with E-state index in [1.165, 1.54) is 11.6 Å². The van der Waals surface area contributed by atoms with Gasteiger partial charge in [0.15, 0.2) is 0 Å². The lowest BCUT2D eigenvalue weighted by atomic mass is 9.98. The van der Waals surface area contributed by atoms with E-state index in [0.717, 1.165) is 12.0 Å². The third-order valence-corrected chi connectivity index (χ3v) is 3.66. The molecule has 3 heteroatoms. The van der Waals surface area contributed by atoms with E-state index in [1.807, 2.05) is 12.1 Å². The highest BCUT2D eigenvalue weighted by Crippen LogP contribution is 2.20. The summed E-state index contributed by atoms with van der Waals surface area (Å²) in [5.41, 5.74) is 2.41. The van der Waals surface area contributed by atoms with Crippen molar-refractivity contribution in [2.24, 2.45) is 0 Å². The second kappa shape index (κ2) is 6.93. The predicted molar refractivity (Wildman–Crippen MR) is 82.4 cm³/mol. The smallest absolute Gasteiger partial charge is 0.342 e. The molecule has 2 aromatic rings. The minimum Gasteiger partial charge on any atom is -0.507 e. The largest absolute Gasteiger partial charge is 0.507 e. The summed E-state index contributed by atoms with van der Waals surface area (Å²) in [4.78, 5) is 11.9. The summed E-state index contributed by atoms with van der Waals surface area (Å²) in [5, 5.41) is 9.60. The number of hydrogen-bond donors (Lipinski definition) is 1. The minimum atomic E-state index is -0.515. The van der Waals surface area contributed by atoms with Gasteiger partial charge in [0.2, 0.25) is 0 Å². The van der Waals surface area contributed by atoms with Crippen molar-refractivity contribution >= 4 is 5.97 Å². The molecule has 0 amide bonds. The summed E-state index contributed by atoms with van der Waals surface area (Å²) in [6.45, 7) is 4.55. The van der Waals surface area contributed by atoms with E-state index in [-0.39, 0.29) is 17.9 Å². The molecule has 0 bridgehead atoms. The van der Waals surface area contributed by atoms with Gasteiger partial charge < -0.3 is 9.84 Å². The maximum absolute atomic E-state index is 11.9. The van der Waals surface area contributed by atoms with Gasteiger partial charge in [0.1, 0.15) is 17.9 Å². The molecule has 0 aliphatic rings. The standard InChI is InChI=1S/C18H20O3/c1-3-13(2)15-10-8-14(9-11-15)12-21-18(20)16-6-4-5-7-17(16)19/h4-11,13,19H,3,12H2,1-2H3. The lowest BCUT2D eigenvalue weighted by molar-refractivity contribution is 0.0469. The summed E-state index contributed by atoms with van der Waals surface area (Å²) in [5.74, 6) is -0.0448. The fourth-order valence-corrected chi connectivity index (χ4v) is 2.05. The molecule has 2 rings (SSSR count). The molecule has 1 atom stereocenters. The number of carbonyl (C=O) groups excluding carboxylic acids is 1. The molecule has 0 aromatic heterocycles. The molecule has 1 unspecified atom stereocenters. The molecule has 0 radical (unpaired) electrons. The minimum absolute atomic E-state index is 0.0605. The molecule has 1 N–H and O–H groups in total. The number of rotatable bonds is 5. The second-order valence-corrected chi connectivity index (χ2v) is 5.14. The van der Waals surface area contributed by atoms with E-state index in [1.54, 1.807) is 18.2 Å². The van der Waals surface area contributed by atoms with Crippen LogP contribution in [0.2, 0.25) is 0 Å². The average Bonchev–Trinajstić information content (AvgIpc) is 2.52. The molecule has 0 aliphatic carbocycles. The fraction of sp³-hybridized carbons (Fsp3) is 0.278. The first-order valence-corrected chi connectivity index (χ1v) is 7.15. The highest BCUT2D eigenvalue weighted by atomic mass is 16.5. The summed E-state index contributed by atoms with van der Waals surface area (Å²) in [7, 11) is 0. The Hall–Kier alpha value is -2.29. The summed E-state index contributed by atoms with van der Waals surface area (Å²) in [6, 6.07) is 14.5. The van der Waals surface area contributed by atoms with Crippen LogP contribution in [0.5, 0.6) is 5.75 Å². The summed E-state index contributed by atoms with van der Waals surface area (Å²) < 4.78 is 5.22. The zero-order valence-electron chi connectivity index (χ0n) is 12.4. The topological polar surface area (TPSA) is 46.5 Å². The van der Waals surface area contributed by atoms with Crippen LogP contribution in [0.1, 0.15) is 47.7 Å². The van der Waals surface area contributed by atoms with E-state index in [9.17, 15) is 9.90 Å². The zero-order valence-corrected chi connectivity index (χ0v) is 12.4. The molecular formula is C18H20O3. The van der Waals surface area contributed by atoms with E-state index in [2.05, 4.69) is 26.0 Å². The van der Waals surface area contributed by atoms with Crippen molar-refractivity contribution in [3.8, 4) is 5.75 Å². The lowest BCUT2D eigenvalue weighted by Crippen LogP contribution is -2.05. The van der Waals surface area contributed by atoms with Crippen LogP contribution >= 0.6 is 0 Å². The van der Waals surface area contributed by atoms with Crippen LogP contribution in [0, 0.1) is 0 Å². The van der Waals surface area contributed by atoms with Crippen molar-refractivity contribution in [1.29, 1.82) is 0 Å². The van der Waals surface area contributed by atoms with Crippen molar-refractivity contribution in [3.63, 3.8) is 0 Å². The third kappa shape index (κ3) is 3.85. The van der Waals surface area contributed by atoms with Crippen molar-refractivity contribution in [2.75, 3.05) is 0 Å². The van der Waals surface area contributed by atoms with E-state index >= 15 is 0 Å². The molecular weight excluding hydrogens is 264 g/mol. The van der Waals surface area contributed by atoms with Gasteiger partial charge in [0.05, 0.1) is 0 Å². The molecule has 0 heterocycles. The van der Waals surface area contributed by atoms with Gasteiger partial charge in [-0.1, -0.05) is 50.2 Å². The molecule has 110 valence electrons. The number of benzene rings is 2. The van der Waals surface area contributed by atoms with Crippen LogP contribution < -0.4 is 0 Å². The van der Waals surface area contributed by atoms with Gasteiger partial charge >= 0.3 is 5.97 Å². The van der Waals surface area contributed by atoms with Crippen LogP contribution in [-0.2, 0) is 11.3 Å². The first-order chi connectivity index (χ1) is 10.1. The van der Waals surface area contributed by atoms with Crippen LogP contribution in [0.25, 0.3) is 0 Å². The van der Waals surface area contributed by atoms with Crippen molar-refractivity contribution in [3.05, 3.63) is 65.2 Å². The van der Waals surface area contributed by atoms with Crippen LogP contribution in [0.3, 0.4) is 0 Å². The quantitative estimate of drug-likeness (QED) is 0.834. The Morgan fingerprint density at radius 3 is 2.43 bits per heavy atom. The Balaban J connectivity index is 1.97. The van der Waals surface area contributed by atoms with Gasteiger partial charge in [0.25, 0.3) is 0 Å². The Labute approximate surface area is 125 Å². The normalized spacial score (nSPS) is 11.9. The van der Waals surface area contributed by atoms with Gasteiger partial charge in [-0.2, -0.15) is 0 Å². The second-order valence-electron chi connectivity index (χ2n) is 5.14. The van der Waals surface area contributed by atoms with Crippen molar-refractivity contribution < 1.29 is 14.6 Å². The number of esters is 1. The number of aromatic hydroxyl groups is 1. The van der Waals surface area contributed by atoms with Gasteiger partial charge in [-0.05, 0) is 35.6 Å². The SMILES string of the molecule is CCC(C)c1ccc(COC(=O)c2ccccc2O)cc1. The Bertz CT molecular complexity index is 602. The number of phenols is 1. The van der Waals surface area contributed by atoms with Gasteiger partial charge in [-0.15, -0.1) is 0 Å². The lowest BCUT2D eigenvalue weighted by Gasteiger charge is -2.10. The maximum atomic E-state index is 11.9. The number of phenolic OH excluding ortho intramolecular Hbond substituents is 1. The van der Waals surface area contributed by atoms with E-state index < -0.39 is 5.97 Å². The first-order valence-electron chi connectivity index (χ1n) is 7.15. The van der Waals surface area contributed by atoms with Crippen molar-refractivity contribution in [1.82, 2.24) is 0 Å². The first kappa shape index (κ1) is 15.1. The molecule has 0 fully saturated rings. The molecule has 2 aromatic carbocycles. The van der Waals surface area contributed by atoms with Crippen molar-refractivity contribution in [2.45, 2.75) is 32.8 Å². The molecule has 0 spiro atoms. The monoisotopic (exact) mass is 284 g/mol.